The van der Waals surface area contributed by atoms with E-state index in [1.165, 1.54) is 7.11 Å². The lowest BCUT2D eigenvalue weighted by molar-refractivity contribution is -0.142. The second-order valence-electron chi connectivity index (χ2n) is 5.56. The van der Waals surface area contributed by atoms with Crippen LogP contribution in [0.15, 0.2) is 4.99 Å². The minimum atomic E-state index is -0.533. The molecule has 0 aromatic carbocycles. The zero-order valence-corrected chi connectivity index (χ0v) is 11.7. The van der Waals surface area contributed by atoms with Gasteiger partial charge in [0, 0.05) is 5.54 Å². The first kappa shape index (κ1) is 15.7. The first-order valence-corrected chi connectivity index (χ1v) is 5.85. The van der Waals surface area contributed by atoms with Gasteiger partial charge in [-0.1, -0.05) is 13.8 Å². The largest absolute Gasteiger partial charge is 0.467 e. The van der Waals surface area contributed by atoms with Crippen LogP contribution >= 0.6 is 0 Å². The van der Waals surface area contributed by atoms with Gasteiger partial charge in [0.05, 0.1) is 7.11 Å². The summed E-state index contributed by atoms with van der Waals surface area (Å²) >= 11 is 0. The molecule has 5 heteroatoms. The van der Waals surface area contributed by atoms with Crippen LogP contribution in [0.2, 0.25) is 0 Å². The van der Waals surface area contributed by atoms with Crippen LogP contribution in [0.1, 0.15) is 41.0 Å². The Morgan fingerprint density at radius 1 is 1.41 bits per heavy atom. The molecular weight excluding hydrogens is 218 g/mol. The number of rotatable bonds is 4. The second kappa shape index (κ2) is 6.47. The minimum absolute atomic E-state index is 0.175. The van der Waals surface area contributed by atoms with Crippen molar-refractivity contribution < 1.29 is 9.53 Å². The van der Waals surface area contributed by atoms with Crippen LogP contribution in [0.4, 0.5) is 0 Å². The molecular formula is C12H25N3O2. The average molecular weight is 243 g/mol. The van der Waals surface area contributed by atoms with Crippen molar-refractivity contribution in [2.45, 2.75) is 52.6 Å². The van der Waals surface area contributed by atoms with Gasteiger partial charge in [-0.2, -0.15) is 0 Å². The maximum absolute atomic E-state index is 11.5. The molecule has 0 aromatic heterocycles. The van der Waals surface area contributed by atoms with Crippen molar-refractivity contribution >= 4 is 11.9 Å². The molecule has 17 heavy (non-hydrogen) atoms. The molecule has 0 heterocycles. The summed E-state index contributed by atoms with van der Waals surface area (Å²) in [5.74, 6) is 0.274. The predicted octanol–water partition coefficient (Wildman–Crippen LogP) is 1.28. The molecule has 0 amide bonds. The summed E-state index contributed by atoms with van der Waals surface area (Å²) in [6, 6.07) is -0.533. The van der Waals surface area contributed by atoms with Gasteiger partial charge >= 0.3 is 5.97 Å². The highest BCUT2D eigenvalue weighted by molar-refractivity contribution is 5.84. The Kier molecular flexibility index (Phi) is 5.99. The molecule has 0 fully saturated rings. The van der Waals surface area contributed by atoms with Crippen molar-refractivity contribution in [2.75, 3.05) is 7.11 Å². The molecule has 0 aliphatic carbocycles. The molecule has 1 atom stereocenters. The summed E-state index contributed by atoms with van der Waals surface area (Å²) in [6.07, 6.45) is 0.624. The summed E-state index contributed by atoms with van der Waals surface area (Å²) in [5, 5.41) is 3.02. The summed E-state index contributed by atoms with van der Waals surface area (Å²) < 4.78 is 4.71. The summed E-state index contributed by atoms with van der Waals surface area (Å²) in [7, 11) is 1.36. The van der Waals surface area contributed by atoms with Crippen LogP contribution in [-0.4, -0.2) is 30.6 Å². The van der Waals surface area contributed by atoms with Crippen molar-refractivity contribution in [2.24, 2.45) is 16.6 Å². The molecule has 1 unspecified atom stereocenters. The highest BCUT2D eigenvalue weighted by atomic mass is 16.5. The van der Waals surface area contributed by atoms with Gasteiger partial charge in [0.1, 0.15) is 0 Å². The number of aliphatic imine (C=N–C) groups is 1. The Balaban J connectivity index is 4.71. The molecule has 0 aliphatic heterocycles. The molecule has 0 radical (unpaired) electrons. The van der Waals surface area contributed by atoms with Crippen molar-refractivity contribution in [3.63, 3.8) is 0 Å². The van der Waals surface area contributed by atoms with Crippen molar-refractivity contribution in [1.82, 2.24) is 5.32 Å². The van der Waals surface area contributed by atoms with E-state index >= 15 is 0 Å². The topological polar surface area (TPSA) is 76.7 Å². The number of nitrogens with zero attached hydrogens (tertiary/aromatic N) is 1. The van der Waals surface area contributed by atoms with Crippen LogP contribution < -0.4 is 11.1 Å². The molecule has 0 rings (SSSR count). The number of hydrogen-bond acceptors (Lipinski definition) is 3. The lowest BCUT2D eigenvalue weighted by atomic mass is 10.0. The van der Waals surface area contributed by atoms with Crippen molar-refractivity contribution in [1.29, 1.82) is 0 Å². The number of nitrogens with two attached hydrogens (primary N) is 1. The summed E-state index contributed by atoms with van der Waals surface area (Å²) in [5.41, 5.74) is 5.59. The first-order chi connectivity index (χ1) is 7.65. The fourth-order valence-electron chi connectivity index (χ4n) is 1.37. The summed E-state index contributed by atoms with van der Waals surface area (Å²) in [4.78, 5) is 15.7. The maximum Gasteiger partial charge on any atom is 0.330 e. The summed E-state index contributed by atoms with van der Waals surface area (Å²) in [6.45, 7) is 9.98. The number of ether oxygens (including phenoxy) is 1. The number of guanidine groups is 1. The number of carbonyl (C=O) groups excluding carboxylic acids is 1. The zero-order valence-electron chi connectivity index (χ0n) is 11.7. The Labute approximate surface area is 104 Å². The van der Waals surface area contributed by atoms with Crippen LogP contribution in [0.25, 0.3) is 0 Å². The van der Waals surface area contributed by atoms with E-state index in [0.717, 1.165) is 0 Å². The number of esters is 1. The molecule has 0 aliphatic rings. The Morgan fingerprint density at radius 2 is 1.94 bits per heavy atom. The Hall–Kier alpha value is -1.26. The Bertz CT molecular complexity index is 280. The van der Waals surface area contributed by atoms with Crippen LogP contribution in [0.3, 0.4) is 0 Å². The lowest BCUT2D eigenvalue weighted by Crippen LogP contribution is -2.46. The highest BCUT2D eigenvalue weighted by Gasteiger charge is 2.21. The Morgan fingerprint density at radius 3 is 2.29 bits per heavy atom. The SMILES string of the molecule is COC(=O)C(CC(C)C)N=C(N)NC(C)(C)C. The second-order valence-corrected chi connectivity index (χ2v) is 5.56. The molecule has 3 N–H and O–H groups in total. The molecule has 0 aromatic rings. The van der Waals surface area contributed by atoms with Gasteiger partial charge in [0.2, 0.25) is 0 Å². The van der Waals surface area contributed by atoms with Crippen LogP contribution in [0.5, 0.6) is 0 Å². The normalized spacial score (nSPS) is 14.6. The smallest absolute Gasteiger partial charge is 0.330 e. The lowest BCUT2D eigenvalue weighted by Gasteiger charge is -2.22. The first-order valence-electron chi connectivity index (χ1n) is 5.85. The quantitative estimate of drug-likeness (QED) is 0.443. The standard InChI is InChI=1S/C12H25N3O2/c1-8(2)7-9(10(16)17-6)14-11(13)15-12(3,4)5/h8-9H,7H2,1-6H3,(H3,13,14,15). The minimum Gasteiger partial charge on any atom is -0.467 e. The van der Waals surface area contributed by atoms with Gasteiger partial charge in [0.25, 0.3) is 0 Å². The third-order valence-corrected chi connectivity index (χ3v) is 1.97. The van der Waals surface area contributed by atoms with E-state index in [4.69, 9.17) is 10.5 Å². The zero-order chi connectivity index (χ0) is 13.6. The van der Waals surface area contributed by atoms with E-state index in [-0.39, 0.29) is 17.5 Å². The molecule has 5 nitrogen and oxygen atoms in total. The van der Waals surface area contributed by atoms with Gasteiger partial charge in [-0.3, -0.25) is 0 Å². The molecule has 100 valence electrons. The number of methoxy groups -OCH3 is 1. The molecule has 0 saturated carbocycles. The van der Waals surface area contributed by atoms with E-state index in [2.05, 4.69) is 10.3 Å². The van der Waals surface area contributed by atoms with E-state index in [0.29, 0.717) is 12.3 Å². The van der Waals surface area contributed by atoms with Gasteiger partial charge in [0.15, 0.2) is 12.0 Å². The van der Waals surface area contributed by atoms with E-state index in [9.17, 15) is 4.79 Å². The predicted molar refractivity (Wildman–Crippen MR) is 69.8 cm³/mol. The number of carbonyl (C=O) groups is 1. The average Bonchev–Trinajstić information content (AvgIpc) is 2.11. The van der Waals surface area contributed by atoms with Gasteiger partial charge in [-0.05, 0) is 33.1 Å². The van der Waals surface area contributed by atoms with Crippen molar-refractivity contribution in [3.05, 3.63) is 0 Å². The van der Waals surface area contributed by atoms with Crippen molar-refractivity contribution in [3.8, 4) is 0 Å². The number of nitrogens with one attached hydrogen (secondary N) is 1. The van der Waals surface area contributed by atoms with E-state index in [1.54, 1.807) is 0 Å². The number of hydrogen-bond donors (Lipinski definition) is 2. The molecule has 0 spiro atoms. The molecule has 0 saturated heterocycles. The van der Waals surface area contributed by atoms with Crippen LogP contribution in [-0.2, 0) is 9.53 Å². The monoisotopic (exact) mass is 243 g/mol. The van der Waals surface area contributed by atoms with E-state index < -0.39 is 6.04 Å². The van der Waals surface area contributed by atoms with Crippen LogP contribution in [0, 0.1) is 5.92 Å². The maximum atomic E-state index is 11.5. The van der Waals surface area contributed by atoms with Gasteiger partial charge in [-0.25, -0.2) is 9.79 Å². The fourth-order valence-corrected chi connectivity index (χ4v) is 1.37. The fraction of sp³-hybridized carbons (Fsp3) is 0.833. The molecule has 0 bridgehead atoms. The third-order valence-electron chi connectivity index (χ3n) is 1.97. The van der Waals surface area contributed by atoms with E-state index in [1.807, 2.05) is 34.6 Å². The third kappa shape index (κ3) is 7.60. The highest BCUT2D eigenvalue weighted by Crippen LogP contribution is 2.10. The van der Waals surface area contributed by atoms with Gasteiger partial charge < -0.3 is 15.8 Å². The van der Waals surface area contributed by atoms with Gasteiger partial charge in [-0.15, -0.1) is 0 Å².